The van der Waals surface area contributed by atoms with E-state index in [-0.39, 0.29) is 5.54 Å². The summed E-state index contributed by atoms with van der Waals surface area (Å²) in [4.78, 5) is 0. The second-order valence-corrected chi connectivity index (χ2v) is 7.00. The van der Waals surface area contributed by atoms with Crippen molar-refractivity contribution in [3.63, 3.8) is 0 Å². The van der Waals surface area contributed by atoms with E-state index in [0.29, 0.717) is 0 Å². The highest BCUT2D eigenvalue weighted by molar-refractivity contribution is 5.84. The van der Waals surface area contributed by atoms with Gasteiger partial charge in [-0.1, -0.05) is 18.2 Å². The lowest BCUT2D eigenvalue weighted by atomic mass is 9.83. The van der Waals surface area contributed by atoms with E-state index in [0.717, 1.165) is 12.1 Å². The van der Waals surface area contributed by atoms with E-state index in [1.54, 1.807) is 0 Å². The summed E-state index contributed by atoms with van der Waals surface area (Å²) in [6.45, 7) is 8.87. The number of hydrogen-bond donors (Lipinski definition) is 2. The minimum absolute atomic E-state index is 0.0638. The zero-order valence-electron chi connectivity index (χ0n) is 13.8. The van der Waals surface area contributed by atoms with Crippen LogP contribution in [0.1, 0.15) is 41.7 Å². The van der Waals surface area contributed by atoms with Crippen LogP contribution >= 0.6 is 0 Å². The monoisotopic (exact) mass is 292 g/mol. The van der Waals surface area contributed by atoms with Crippen LogP contribution < -0.4 is 11.1 Å². The minimum atomic E-state index is 0.0638. The summed E-state index contributed by atoms with van der Waals surface area (Å²) in [6.07, 6.45) is 3.26. The Balaban J connectivity index is 2.12. The topological polar surface area (TPSA) is 38.0 Å². The van der Waals surface area contributed by atoms with Crippen LogP contribution in [0.15, 0.2) is 36.4 Å². The van der Waals surface area contributed by atoms with E-state index in [4.69, 9.17) is 5.73 Å². The first kappa shape index (κ1) is 14.7. The summed E-state index contributed by atoms with van der Waals surface area (Å²) in [5, 5.41) is 3.69. The number of nitrogens with one attached hydrogen (secondary N) is 1. The first-order valence-corrected chi connectivity index (χ1v) is 7.80. The molecule has 0 spiro atoms. The summed E-state index contributed by atoms with van der Waals surface area (Å²) in [5.41, 5.74) is 14.4. The zero-order valence-corrected chi connectivity index (χ0v) is 13.8. The fraction of sp³-hybridized carbons (Fsp3) is 0.300. The van der Waals surface area contributed by atoms with Crippen molar-refractivity contribution in [1.29, 1.82) is 0 Å². The molecule has 3 rings (SSSR count). The number of rotatable bonds is 1. The standard InChI is InChI=1S/C20H24N2/c1-13-9-16-12-20(3,4)22-19(18(16)10-14(13)2)11-15-5-7-17(21)8-6-15/h5-11,22H,12,21H2,1-4H3/b19-11+. The van der Waals surface area contributed by atoms with E-state index in [1.807, 2.05) is 12.1 Å². The van der Waals surface area contributed by atoms with Crippen molar-refractivity contribution in [2.75, 3.05) is 5.73 Å². The third-order valence-electron chi connectivity index (χ3n) is 4.36. The molecule has 0 radical (unpaired) electrons. The molecule has 0 atom stereocenters. The van der Waals surface area contributed by atoms with Crippen molar-refractivity contribution in [2.24, 2.45) is 0 Å². The van der Waals surface area contributed by atoms with Gasteiger partial charge >= 0.3 is 0 Å². The molecule has 0 saturated carbocycles. The van der Waals surface area contributed by atoms with Crippen LogP contribution in [0.5, 0.6) is 0 Å². The summed E-state index contributed by atoms with van der Waals surface area (Å²) in [6, 6.07) is 12.7. The number of hydrogen-bond acceptors (Lipinski definition) is 2. The second kappa shape index (κ2) is 5.20. The Morgan fingerprint density at radius 2 is 1.68 bits per heavy atom. The van der Waals surface area contributed by atoms with Crippen LogP contribution in [0.4, 0.5) is 5.69 Å². The molecule has 0 fully saturated rings. The Morgan fingerprint density at radius 3 is 2.36 bits per heavy atom. The van der Waals surface area contributed by atoms with Gasteiger partial charge in [-0.25, -0.2) is 0 Å². The third kappa shape index (κ3) is 2.87. The second-order valence-electron chi connectivity index (χ2n) is 7.00. The van der Waals surface area contributed by atoms with Crippen LogP contribution in [0.2, 0.25) is 0 Å². The van der Waals surface area contributed by atoms with Crippen molar-refractivity contribution in [1.82, 2.24) is 5.32 Å². The fourth-order valence-corrected chi connectivity index (χ4v) is 3.10. The lowest BCUT2D eigenvalue weighted by molar-refractivity contribution is 0.438. The molecule has 0 aliphatic carbocycles. The van der Waals surface area contributed by atoms with E-state index in [9.17, 15) is 0 Å². The molecular formula is C20H24N2. The molecule has 2 aromatic rings. The first-order chi connectivity index (χ1) is 10.3. The Bertz CT molecular complexity index is 737. The van der Waals surface area contributed by atoms with Crippen LogP contribution in [0.25, 0.3) is 11.8 Å². The highest BCUT2D eigenvalue weighted by atomic mass is 15.0. The molecule has 0 amide bonds. The lowest BCUT2D eigenvalue weighted by Crippen LogP contribution is -2.43. The number of anilines is 1. The van der Waals surface area contributed by atoms with Gasteiger partial charge in [0, 0.05) is 22.5 Å². The summed E-state index contributed by atoms with van der Waals surface area (Å²) >= 11 is 0. The van der Waals surface area contributed by atoms with Gasteiger partial charge in [0.1, 0.15) is 0 Å². The Labute approximate surface area is 133 Å². The predicted molar refractivity (Wildman–Crippen MR) is 95.6 cm³/mol. The highest BCUT2D eigenvalue weighted by Crippen LogP contribution is 2.32. The molecule has 0 aromatic heterocycles. The zero-order chi connectivity index (χ0) is 15.9. The maximum Gasteiger partial charge on any atom is 0.0426 e. The molecule has 2 aromatic carbocycles. The van der Waals surface area contributed by atoms with Crippen molar-refractivity contribution in [2.45, 2.75) is 39.7 Å². The van der Waals surface area contributed by atoms with Crippen LogP contribution in [0.3, 0.4) is 0 Å². The van der Waals surface area contributed by atoms with E-state index >= 15 is 0 Å². The molecule has 1 heterocycles. The smallest absolute Gasteiger partial charge is 0.0426 e. The maximum absolute atomic E-state index is 5.78. The summed E-state index contributed by atoms with van der Waals surface area (Å²) in [7, 11) is 0. The Hall–Kier alpha value is -2.22. The van der Waals surface area contributed by atoms with Crippen molar-refractivity contribution >= 4 is 17.5 Å². The number of nitrogen functional groups attached to an aromatic ring is 1. The van der Waals surface area contributed by atoms with Gasteiger partial charge in [0.05, 0.1) is 0 Å². The van der Waals surface area contributed by atoms with Gasteiger partial charge in [-0.3, -0.25) is 0 Å². The fourth-order valence-electron chi connectivity index (χ4n) is 3.10. The number of aryl methyl sites for hydroxylation is 2. The van der Waals surface area contributed by atoms with Gasteiger partial charge in [-0.2, -0.15) is 0 Å². The average molecular weight is 292 g/mol. The van der Waals surface area contributed by atoms with Gasteiger partial charge in [0.15, 0.2) is 0 Å². The van der Waals surface area contributed by atoms with Gasteiger partial charge in [0.25, 0.3) is 0 Å². The lowest BCUT2D eigenvalue weighted by Gasteiger charge is -2.36. The summed E-state index contributed by atoms with van der Waals surface area (Å²) in [5.74, 6) is 0. The minimum Gasteiger partial charge on any atom is -0.399 e. The maximum atomic E-state index is 5.78. The third-order valence-corrected chi connectivity index (χ3v) is 4.36. The quantitative estimate of drug-likeness (QED) is 0.769. The summed E-state index contributed by atoms with van der Waals surface area (Å²) < 4.78 is 0. The largest absolute Gasteiger partial charge is 0.399 e. The number of benzene rings is 2. The highest BCUT2D eigenvalue weighted by Gasteiger charge is 2.27. The van der Waals surface area contributed by atoms with Crippen molar-refractivity contribution < 1.29 is 0 Å². The van der Waals surface area contributed by atoms with Gasteiger partial charge in [0.2, 0.25) is 0 Å². The first-order valence-electron chi connectivity index (χ1n) is 7.80. The predicted octanol–water partition coefficient (Wildman–Crippen LogP) is 4.31. The molecule has 1 aliphatic heterocycles. The molecule has 0 unspecified atom stereocenters. The number of nitrogens with two attached hydrogens (primary N) is 1. The molecule has 114 valence electrons. The Morgan fingerprint density at radius 1 is 1.05 bits per heavy atom. The van der Waals surface area contributed by atoms with E-state index in [2.05, 4.69) is 63.4 Å². The molecule has 3 N–H and O–H groups in total. The number of fused-ring (bicyclic) bond motifs is 1. The van der Waals surface area contributed by atoms with Crippen LogP contribution in [-0.4, -0.2) is 5.54 Å². The van der Waals surface area contributed by atoms with Crippen molar-refractivity contribution in [3.05, 3.63) is 64.2 Å². The van der Waals surface area contributed by atoms with Gasteiger partial charge in [-0.15, -0.1) is 0 Å². The van der Waals surface area contributed by atoms with E-state index < -0.39 is 0 Å². The SMILES string of the molecule is Cc1cc2c(cc1C)/C(=C\c1ccc(N)cc1)NC(C)(C)C2. The molecule has 2 heteroatoms. The molecule has 0 saturated heterocycles. The molecular weight excluding hydrogens is 268 g/mol. The molecule has 2 nitrogen and oxygen atoms in total. The van der Waals surface area contributed by atoms with Gasteiger partial charge < -0.3 is 11.1 Å². The van der Waals surface area contributed by atoms with Crippen LogP contribution in [0, 0.1) is 13.8 Å². The molecule has 1 aliphatic rings. The van der Waals surface area contributed by atoms with E-state index in [1.165, 1.54) is 33.5 Å². The van der Waals surface area contributed by atoms with Crippen LogP contribution in [-0.2, 0) is 6.42 Å². The Kier molecular flexibility index (Phi) is 3.48. The normalized spacial score (nSPS) is 17.9. The molecule has 22 heavy (non-hydrogen) atoms. The average Bonchev–Trinajstić information content (AvgIpc) is 2.43. The molecule has 0 bridgehead atoms. The van der Waals surface area contributed by atoms with Gasteiger partial charge in [-0.05, 0) is 80.6 Å². The van der Waals surface area contributed by atoms with Crippen molar-refractivity contribution in [3.8, 4) is 0 Å².